The molecule has 2 aromatic carbocycles. The van der Waals surface area contributed by atoms with Crippen molar-refractivity contribution in [3.8, 4) is 22.5 Å². The highest BCUT2D eigenvalue weighted by Crippen LogP contribution is 2.39. The molecule has 0 aliphatic carbocycles. The smallest absolute Gasteiger partial charge is 0.179 e. The summed E-state index contributed by atoms with van der Waals surface area (Å²) in [6.07, 6.45) is 0. The summed E-state index contributed by atoms with van der Waals surface area (Å²) in [6.45, 7) is 3.87. The second-order valence-corrected chi connectivity index (χ2v) is 5.07. The first-order valence-corrected chi connectivity index (χ1v) is 6.65. The number of hydrogen-bond acceptors (Lipinski definition) is 3. The number of aromatic nitrogens is 1. The van der Waals surface area contributed by atoms with Gasteiger partial charge >= 0.3 is 0 Å². The van der Waals surface area contributed by atoms with E-state index in [1.54, 1.807) is 12.1 Å². The molecular weight excluding hydrogens is 267 g/mol. The van der Waals surface area contributed by atoms with Gasteiger partial charge in [-0.05, 0) is 37.1 Å². The van der Waals surface area contributed by atoms with Crippen molar-refractivity contribution in [2.45, 2.75) is 13.8 Å². The Labute approximate surface area is 122 Å². The first-order chi connectivity index (χ1) is 10.1. The lowest BCUT2D eigenvalue weighted by Crippen LogP contribution is -1.92. The number of nitrogen functional groups attached to an aromatic ring is 1. The van der Waals surface area contributed by atoms with E-state index in [2.05, 4.69) is 5.16 Å². The van der Waals surface area contributed by atoms with Crippen molar-refractivity contribution in [1.82, 2.24) is 5.16 Å². The molecule has 0 saturated heterocycles. The van der Waals surface area contributed by atoms with Crippen molar-refractivity contribution in [3.05, 3.63) is 59.4 Å². The van der Waals surface area contributed by atoms with Crippen LogP contribution in [0.25, 0.3) is 22.5 Å². The second kappa shape index (κ2) is 5.05. The number of rotatable bonds is 2. The van der Waals surface area contributed by atoms with Crippen LogP contribution in [-0.4, -0.2) is 5.16 Å². The lowest BCUT2D eigenvalue weighted by molar-refractivity contribution is 0.433. The first kappa shape index (κ1) is 13.4. The van der Waals surface area contributed by atoms with E-state index in [9.17, 15) is 4.39 Å². The number of benzene rings is 2. The summed E-state index contributed by atoms with van der Waals surface area (Å²) in [5.41, 5.74) is 9.82. The summed E-state index contributed by atoms with van der Waals surface area (Å²) >= 11 is 0. The minimum Gasteiger partial charge on any atom is -0.380 e. The van der Waals surface area contributed by atoms with E-state index in [-0.39, 0.29) is 11.6 Å². The Morgan fingerprint density at radius 2 is 1.81 bits per heavy atom. The molecule has 0 amide bonds. The van der Waals surface area contributed by atoms with Crippen LogP contribution in [0, 0.1) is 19.7 Å². The standard InChI is InChI=1S/C17H15FN2O/c1-10-7-8-14(18)13(9-10)16-15(17(19)20-21-16)12-6-4-3-5-11(12)2/h3-9H,1-2H3,(H2,19,20). The zero-order valence-corrected chi connectivity index (χ0v) is 11.9. The van der Waals surface area contributed by atoms with Crippen LogP contribution in [0.4, 0.5) is 10.2 Å². The van der Waals surface area contributed by atoms with Gasteiger partial charge in [-0.2, -0.15) is 0 Å². The highest BCUT2D eigenvalue weighted by atomic mass is 19.1. The fourth-order valence-corrected chi connectivity index (χ4v) is 2.41. The quantitative estimate of drug-likeness (QED) is 0.760. The SMILES string of the molecule is Cc1ccc(F)c(-c2onc(N)c2-c2ccccc2C)c1. The molecule has 1 aromatic heterocycles. The van der Waals surface area contributed by atoms with E-state index in [4.69, 9.17) is 10.3 Å². The van der Waals surface area contributed by atoms with Crippen LogP contribution in [-0.2, 0) is 0 Å². The maximum Gasteiger partial charge on any atom is 0.179 e. The van der Waals surface area contributed by atoms with Crippen LogP contribution >= 0.6 is 0 Å². The molecule has 0 aliphatic rings. The zero-order chi connectivity index (χ0) is 15.0. The van der Waals surface area contributed by atoms with Crippen LogP contribution in [0.2, 0.25) is 0 Å². The van der Waals surface area contributed by atoms with Crippen LogP contribution < -0.4 is 5.73 Å². The molecule has 3 nitrogen and oxygen atoms in total. The molecule has 0 saturated carbocycles. The fourth-order valence-electron chi connectivity index (χ4n) is 2.41. The molecule has 0 bridgehead atoms. The summed E-state index contributed by atoms with van der Waals surface area (Å²) in [6, 6.07) is 12.6. The van der Waals surface area contributed by atoms with E-state index in [0.29, 0.717) is 16.9 Å². The van der Waals surface area contributed by atoms with Crippen LogP contribution in [0.3, 0.4) is 0 Å². The predicted octanol–water partition coefficient (Wildman–Crippen LogP) is 4.35. The minimum atomic E-state index is -0.355. The number of halogens is 1. The number of nitrogens with two attached hydrogens (primary N) is 1. The van der Waals surface area contributed by atoms with Gasteiger partial charge in [-0.25, -0.2) is 4.39 Å². The molecule has 0 fully saturated rings. The van der Waals surface area contributed by atoms with E-state index in [0.717, 1.165) is 16.7 Å². The van der Waals surface area contributed by atoms with Crippen molar-refractivity contribution in [2.24, 2.45) is 0 Å². The van der Waals surface area contributed by atoms with Crippen molar-refractivity contribution < 1.29 is 8.91 Å². The fraction of sp³-hybridized carbons (Fsp3) is 0.118. The molecule has 0 atom stereocenters. The largest absolute Gasteiger partial charge is 0.380 e. The van der Waals surface area contributed by atoms with Crippen molar-refractivity contribution in [1.29, 1.82) is 0 Å². The Kier molecular flexibility index (Phi) is 3.22. The third-order valence-electron chi connectivity index (χ3n) is 3.50. The van der Waals surface area contributed by atoms with E-state index < -0.39 is 0 Å². The lowest BCUT2D eigenvalue weighted by atomic mass is 9.97. The van der Waals surface area contributed by atoms with Gasteiger partial charge in [0.25, 0.3) is 0 Å². The molecule has 3 rings (SSSR count). The van der Waals surface area contributed by atoms with Gasteiger partial charge in [-0.1, -0.05) is 41.1 Å². The highest BCUT2D eigenvalue weighted by Gasteiger charge is 2.21. The average molecular weight is 282 g/mol. The van der Waals surface area contributed by atoms with Crippen molar-refractivity contribution in [3.63, 3.8) is 0 Å². The molecule has 0 radical (unpaired) electrons. The van der Waals surface area contributed by atoms with Gasteiger partial charge in [0.2, 0.25) is 0 Å². The van der Waals surface area contributed by atoms with E-state index >= 15 is 0 Å². The molecule has 21 heavy (non-hydrogen) atoms. The summed E-state index contributed by atoms with van der Waals surface area (Å²) in [5.74, 6) is 0.273. The number of hydrogen-bond donors (Lipinski definition) is 1. The van der Waals surface area contributed by atoms with Gasteiger partial charge in [-0.3, -0.25) is 0 Å². The van der Waals surface area contributed by atoms with Crippen LogP contribution in [0.15, 0.2) is 47.0 Å². The molecule has 0 spiro atoms. The van der Waals surface area contributed by atoms with E-state index in [1.165, 1.54) is 6.07 Å². The summed E-state index contributed by atoms with van der Waals surface area (Å²) in [7, 11) is 0. The average Bonchev–Trinajstić information content (AvgIpc) is 2.84. The van der Waals surface area contributed by atoms with Gasteiger partial charge < -0.3 is 10.3 Å². The maximum atomic E-state index is 14.1. The highest BCUT2D eigenvalue weighted by molar-refractivity contribution is 5.88. The lowest BCUT2D eigenvalue weighted by Gasteiger charge is -2.07. The van der Waals surface area contributed by atoms with Crippen LogP contribution in [0.1, 0.15) is 11.1 Å². The normalized spacial score (nSPS) is 10.8. The molecule has 4 heteroatoms. The van der Waals surface area contributed by atoms with Gasteiger partial charge in [0.05, 0.1) is 11.1 Å². The van der Waals surface area contributed by atoms with Gasteiger partial charge in [0.1, 0.15) is 5.82 Å². The zero-order valence-electron chi connectivity index (χ0n) is 11.9. The molecule has 0 aliphatic heterocycles. The number of anilines is 1. The Hall–Kier alpha value is -2.62. The molecule has 2 N–H and O–H groups in total. The minimum absolute atomic E-state index is 0.264. The van der Waals surface area contributed by atoms with Gasteiger partial charge in [-0.15, -0.1) is 0 Å². The van der Waals surface area contributed by atoms with Gasteiger partial charge in [0, 0.05) is 0 Å². The summed E-state index contributed by atoms with van der Waals surface area (Å²) in [4.78, 5) is 0. The molecular formula is C17H15FN2O. The van der Waals surface area contributed by atoms with Crippen LogP contribution in [0.5, 0.6) is 0 Å². The Morgan fingerprint density at radius 1 is 1.05 bits per heavy atom. The third-order valence-corrected chi connectivity index (χ3v) is 3.50. The monoisotopic (exact) mass is 282 g/mol. The number of aryl methyl sites for hydroxylation is 2. The topological polar surface area (TPSA) is 52.0 Å². The molecule has 3 aromatic rings. The molecule has 0 unspecified atom stereocenters. The molecule has 1 heterocycles. The number of nitrogens with zero attached hydrogens (tertiary/aromatic N) is 1. The Morgan fingerprint density at radius 3 is 2.57 bits per heavy atom. The molecule has 106 valence electrons. The van der Waals surface area contributed by atoms with Crippen molar-refractivity contribution in [2.75, 3.05) is 5.73 Å². The first-order valence-electron chi connectivity index (χ1n) is 6.65. The van der Waals surface area contributed by atoms with Crippen molar-refractivity contribution >= 4 is 5.82 Å². The predicted molar refractivity (Wildman–Crippen MR) is 81.2 cm³/mol. The Bertz CT molecular complexity index is 808. The maximum absolute atomic E-state index is 14.1. The van der Waals surface area contributed by atoms with Gasteiger partial charge in [0.15, 0.2) is 11.6 Å². The second-order valence-electron chi connectivity index (χ2n) is 5.07. The van der Waals surface area contributed by atoms with E-state index in [1.807, 2.05) is 38.1 Å². The Balaban J connectivity index is 2.27. The summed E-state index contributed by atoms with van der Waals surface area (Å²) < 4.78 is 19.4. The summed E-state index contributed by atoms with van der Waals surface area (Å²) in [5, 5.41) is 3.82. The third kappa shape index (κ3) is 2.29.